The molecule has 0 aliphatic heterocycles. The minimum atomic E-state index is -1.02. The van der Waals surface area contributed by atoms with Gasteiger partial charge in [0, 0.05) is 23.1 Å². The smallest absolute Gasteiger partial charge is 0.338 e. The van der Waals surface area contributed by atoms with E-state index in [1.165, 1.54) is 0 Å². The molecule has 0 atom stereocenters. The zero-order valence-electron chi connectivity index (χ0n) is 14.7. The fraction of sp³-hybridized carbons (Fsp3) is 0.190. The number of anilines is 1. The minimum Gasteiger partial charge on any atom is -0.478 e. The van der Waals surface area contributed by atoms with Gasteiger partial charge in [-0.3, -0.25) is 9.78 Å². The molecule has 0 saturated carbocycles. The van der Waals surface area contributed by atoms with Gasteiger partial charge in [0.2, 0.25) is 5.91 Å². The Kier molecular flexibility index (Phi) is 4.98. The first-order valence-electron chi connectivity index (χ1n) is 8.54. The second-order valence-electron chi connectivity index (χ2n) is 6.15. The van der Waals surface area contributed by atoms with Crippen molar-refractivity contribution >= 4 is 28.5 Å². The van der Waals surface area contributed by atoms with Crippen molar-refractivity contribution in [3.8, 4) is 11.1 Å². The first-order valence-corrected chi connectivity index (χ1v) is 8.54. The van der Waals surface area contributed by atoms with E-state index in [1.54, 1.807) is 19.1 Å². The average molecular weight is 348 g/mol. The molecule has 5 nitrogen and oxygen atoms in total. The van der Waals surface area contributed by atoms with E-state index >= 15 is 0 Å². The van der Waals surface area contributed by atoms with Gasteiger partial charge in [-0.1, -0.05) is 37.3 Å². The molecule has 1 aromatic heterocycles. The molecular formula is C21H20N2O3. The van der Waals surface area contributed by atoms with Gasteiger partial charge in [-0.25, -0.2) is 4.79 Å². The topological polar surface area (TPSA) is 79.3 Å². The number of fused-ring (bicyclic) bond motifs is 1. The maximum atomic E-state index is 11.9. The summed E-state index contributed by atoms with van der Waals surface area (Å²) >= 11 is 0. The fourth-order valence-corrected chi connectivity index (χ4v) is 3.08. The molecule has 0 saturated heterocycles. The number of pyridine rings is 1. The lowest BCUT2D eigenvalue weighted by Crippen LogP contribution is -2.11. The molecule has 0 spiro atoms. The predicted molar refractivity (Wildman–Crippen MR) is 102 cm³/mol. The highest BCUT2D eigenvalue weighted by Crippen LogP contribution is 2.34. The van der Waals surface area contributed by atoms with E-state index in [4.69, 9.17) is 0 Å². The van der Waals surface area contributed by atoms with Crippen molar-refractivity contribution in [3.63, 3.8) is 0 Å². The number of carbonyl (C=O) groups excluding carboxylic acids is 1. The monoisotopic (exact) mass is 348 g/mol. The lowest BCUT2D eigenvalue weighted by atomic mass is 9.94. The van der Waals surface area contributed by atoms with Gasteiger partial charge in [0.15, 0.2) is 0 Å². The summed E-state index contributed by atoms with van der Waals surface area (Å²) in [6.07, 6.45) is 1.20. The highest BCUT2D eigenvalue weighted by atomic mass is 16.4. The van der Waals surface area contributed by atoms with Crippen LogP contribution in [0.15, 0.2) is 48.5 Å². The van der Waals surface area contributed by atoms with E-state index in [0.717, 1.165) is 12.0 Å². The van der Waals surface area contributed by atoms with Crippen LogP contribution >= 0.6 is 0 Å². The van der Waals surface area contributed by atoms with E-state index in [-0.39, 0.29) is 11.5 Å². The maximum absolute atomic E-state index is 11.9. The summed E-state index contributed by atoms with van der Waals surface area (Å²) in [4.78, 5) is 28.3. The quantitative estimate of drug-likeness (QED) is 0.703. The number of carboxylic acids is 1. The van der Waals surface area contributed by atoms with Crippen LogP contribution in [0.5, 0.6) is 0 Å². The molecule has 0 aliphatic rings. The first kappa shape index (κ1) is 17.6. The molecule has 0 radical (unpaired) electrons. The molecule has 1 heterocycles. The van der Waals surface area contributed by atoms with Crippen LogP contribution in [-0.4, -0.2) is 22.0 Å². The van der Waals surface area contributed by atoms with E-state index in [2.05, 4.69) is 10.3 Å². The lowest BCUT2D eigenvalue weighted by Gasteiger charge is -2.14. The molecule has 3 rings (SSSR count). The largest absolute Gasteiger partial charge is 0.478 e. The summed E-state index contributed by atoms with van der Waals surface area (Å²) in [5.74, 6) is -1.08. The Morgan fingerprint density at radius 2 is 1.85 bits per heavy atom. The van der Waals surface area contributed by atoms with Gasteiger partial charge in [-0.2, -0.15) is 0 Å². The molecule has 26 heavy (non-hydrogen) atoms. The Labute approximate surface area is 151 Å². The SMILES string of the molecule is CCCC(=O)Nc1ccc2nc(C)c(C(=O)O)c(-c3ccccc3)c2c1. The Balaban J connectivity index is 2.26. The highest BCUT2D eigenvalue weighted by Gasteiger charge is 2.20. The Bertz CT molecular complexity index is 981. The number of nitrogens with one attached hydrogen (secondary N) is 1. The molecule has 5 heteroatoms. The zero-order valence-corrected chi connectivity index (χ0v) is 14.7. The van der Waals surface area contributed by atoms with Crippen LogP contribution in [-0.2, 0) is 4.79 Å². The minimum absolute atomic E-state index is 0.0633. The van der Waals surface area contributed by atoms with E-state index in [0.29, 0.717) is 34.3 Å². The Morgan fingerprint density at radius 3 is 2.50 bits per heavy atom. The summed E-state index contributed by atoms with van der Waals surface area (Å²) in [5.41, 5.74) is 3.40. The van der Waals surface area contributed by atoms with Crippen LogP contribution in [0, 0.1) is 6.92 Å². The predicted octanol–water partition coefficient (Wildman–Crippen LogP) is 4.65. The number of rotatable bonds is 5. The number of aromatic carboxylic acids is 1. The Hall–Kier alpha value is -3.21. The van der Waals surface area contributed by atoms with E-state index in [9.17, 15) is 14.7 Å². The van der Waals surface area contributed by atoms with Crippen LogP contribution in [0.4, 0.5) is 5.69 Å². The van der Waals surface area contributed by atoms with Crippen molar-refractivity contribution in [2.45, 2.75) is 26.7 Å². The normalized spacial score (nSPS) is 10.7. The van der Waals surface area contributed by atoms with Crippen molar-refractivity contribution in [2.24, 2.45) is 0 Å². The number of amides is 1. The number of benzene rings is 2. The van der Waals surface area contributed by atoms with E-state index in [1.807, 2.05) is 43.3 Å². The summed E-state index contributed by atoms with van der Waals surface area (Å²) < 4.78 is 0. The van der Waals surface area contributed by atoms with Gasteiger partial charge < -0.3 is 10.4 Å². The highest BCUT2D eigenvalue weighted by molar-refractivity contribution is 6.08. The van der Waals surface area contributed by atoms with Crippen LogP contribution in [0.2, 0.25) is 0 Å². The van der Waals surface area contributed by atoms with Crippen molar-refractivity contribution < 1.29 is 14.7 Å². The van der Waals surface area contributed by atoms with Gasteiger partial charge in [0.25, 0.3) is 0 Å². The van der Waals surface area contributed by atoms with Crippen LogP contribution in [0.3, 0.4) is 0 Å². The van der Waals surface area contributed by atoms with Gasteiger partial charge in [0.1, 0.15) is 0 Å². The van der Waals surface area contributed by atoms with Gasteiger partial charge in [-0.05, 0) is 37.1 Å². The molecule has 0 bridgehead atoms. The number of carboxylic acid groups (broad SMARTS) is 1. The lowest BCUT2D eigenvalue weighted by molar-refractivity contribution is -0.116. The molecule has 3 aromatic rings. The van der Waals surface area contributed by atoms with Crippen LogP contribution in [0.1, 0.15) is 35.8 Å². The molecular weight excluding hydrogens is 328 g/mol. The standard InChI is InChI=1S/C21H20N2O3/c1-3-7-18(24)23-15-10-11-17-16(12-15)20(14-8-5-4-6-9-14)19(21(25)26)13(2)22-17/h4-6,8-12H,3,7H2,1-2H3,(H,23,24)(H,25,26). The number of aryl methyl sites for hydroxylation is 1. The number of aromatic nitrogens is 1. The van der Waals surface area contributed by atoms with Crippen molar-refractivity contribution in [1.29, 1.82) is 0 Å². The molecule has 0 aliphatic carbocycles. The maximum Gasteiger partial charge on any atom is 0.338 e. The van der Waals surface area contributed by atoms with Crippen molar-refractivity contribution in [1.82, 2.24) is 4.98 Å². The number of carbonyl (C=O) groups is 2. The summed E-state index contributed by atoms with van der Waals surface area (Å²) in [7, 11) is 0. The van der Waals surface area contributed by atoms with Crippen LogP contribution < -0.4 is 5.32 Å². The summed E-state index contributed by atoms with van der Waals surface area (Å²) in [6, 6.07) is 14.8. The second kappa shape index (κ2) is 7.35. The molecule has 2 N–H and O–H groups in total. The second-order valence-corrected chi connectivity index (χ2v) is 6.15. The third-order valence-electron chi connectivity index (χ3n) is 4.20. The van der Waals surface area contributed by atoms with Gasteiger partial charge in [-0.15, -0.1) is 0 Å². The number of nitrogens with zero attached hydrogens (tertiary/aromatic N) is 1. The number of hydrogen-bond donors (Lipinski definition) is 2. The number of hydrogen-bond acceptors (Lipinski definition) is 3. The molecule has 2 aromatic carbocycles. The molecule has 0 fully saturated rings. The van der Waals surface area contributed by atoms with Crippen molar-refractivity contribution in [2.75, 3.05) is 5.32 Å². The zero-order chi connectivity index (χ0) is 18.7. The average Bonchev–Trinajstić information content (AvgIpc) is 2.61. The van der Waals surface area contributed by atoms with Crippen LogP contribution in [0.25, 0.3) is 22.0 Å². The fourth-order valence-electron chi connectivity index (χ4n) is 3.08. The first-order chi connectivity index (χ1) is 12.5. The summed E-state index contributed by atoms with van der Waals surface area (Å²) in [5, 5.41) is 13.3. The third-order valence-corrected chi connectivity index (χ3v) is 4.20. The molecule has 0 unspecified atom stereocenters. The van der Waals surface area contributed by atoms with E-state index < -0.39 is 5.97 Å². The van der Waals surface area contributed by atoms with Gasteiger partial charge >= 0.3 is 5.97 Å². The Morgan fingerprint density at radius 1 is 1.12 bits per heavy atom. The summed E-state index contributed by atoms with van der Waals surface area (Å²) in [6.45, 7) is 3.64. The third kappa shape index (κ3) is 3.42. The van der Waals surface area contributed by atoms with Gasteiger partial charge in [0.05, 0.1) is 16.8 Å². The van der Waals surface area contributed by atoms with Crippen molar-refractivity contribution in [3.05, 3.63) is 59.8 Å². The molecule has 132 valence electrons. The molecule has 1 amide bonds.